The van der Waals surface area contributed by atoms with Crippen molar-refractivity contribution in [1.29, 1.82) is 0 Å². The molecule has 0 saturated carbocycles. The van der Waals surface area contributed by atoms with Gasteiger partial charge in [0.25, 0.3) is 11.8 Å². The van der Waals surface area contributed by atoms with Gasteiger partial charge in [-0.2, -0.15) is 11.8 Å². The summed E-state index contributed by atoms with van der Waals surface area (Å²) in [4.78, 5) is 42.9. The van der Waals surface area contributed by atoms with Gasteiger partial charge in [0.2, 0.25) is 5.91 Å². The first kappa shape index (κ1) is 25.6. The number of rotatable bonds is 8. The maximum Gasteiger partial charge on any atom is 0.257 e. The van der Waals surface area contributed by atoms with Gasteiger partial charge in [-0.15, -0.1) is 0 Å². The first-order chi connectivity index (χ1) is 16.4. The molecule has 1 heterocycles. The zero-order chi connectivity index (χ0) is 24.5. The number of para-hydroxylation sites is 1. The number of nitrogens with one attached hydrogen (secondary N) is 1. The zero-order valence-electron chi connectivity index (χ0n) is 20.1. The van der Waals surface area contributed by atoms with Crippen LogP contribution in [0.4, 0.5) is 0 Å². The van der Waals surface area contributed by atoms with E-state index in [1.807, 2.05) is 43.5 Å². The van der Waals surface area contributed by atoms with Crippen LogP contribution in [0.3, 0.4) is 0 Å². The highest BCUT2D eigenvalue weighted by atomic mass is 32.2. The number of carbonyl (C=O) groups is 3. The van der Waals surface area contributed by atoms with E-state index in [-0.39, 0.29) is 17.7 Å². The van der Waals surface area contributed by atoms with E-state index in [1.165, 1.54) is 0 Å². The molecule has 0 radical (unpaired) electrons. The maximum atomic E-state index is 13.4. The third-order valence-electron chi connectivity index (χ3n) is 5.93. The van der Waals surface area contributed by atoms with Gasteiger partial charge in [0.05, 0.1) is 12.7 Å². The molecule has 1 N–H and O–H groups in total. The average Bonchev–Trinajstić information content (AvgIpc) is 3.12. The number of amides is 3. The topological polar surface area (TPSA) is 79.0 Å². The third kappa shape index (κ3) is 6.53. The number of hydrogen-bond donors (Lipinski definition) is 1. The molecule has 182 valence electrons. The van der Waals surface area contributed by atoms with Crippen LogP contribution in [0.15, 0.2) is 48.5 Å². The Bertz CT molecular complexity index is 1010. The smallest absolute Gasteiger partial charge is 0.257 e. The van der Waals surface area contributed by atoms with Crippen molar-refractivity contribution in [2.24, 2.45) is 0 Å². The Balaban J connectivity index is 1.67. The van der Waals surface area contributed by atoms with Crippen molar-refractivity contribution in [3.05, 3.63) is 65.2 Å². The standard InChI is InChI=1S/C26H33N3O4S/c1-19-8-6-9-20(18-19)24(30)27-22(12-17-34-3)26(32)29-14-7-13-28(15-16-29)25(31)21-10-4-5-11-23(21)33-2/h4-6,8-11,18,22H,7,12-17H2,1-3H3,(H,27,30). The van der Waals surface area contributed by atoms with Crippen molar-refractivity contribution in [2.75, 3.05) is 45.3 Å². The van der Waals surface area contributed by atoms with Gasteiger partial charge < -0.3 is 19.9 Å². The van der Waals surface area contributed by atoms with Crippen LogP contribution in [0, 0.1) is 6.92 Å². The Morgan fingerprint density at radius 3 is 2.50 bits per heavy atom. The molecule has 1 aliphatic heterocycles. The second-order valence-corrected chi connectivity index (χ2v) is 9.33. The van der Waals surface area contributed by atoms with Gasteiger partial charge in [-0.25, -0.2) is 0 Å². The van der Waals surface area contributed by atoms with E-state index in [9.17, 15) is 14.4 Å². The first-order valence-corrected chi connectivity index (χ1v) is 12.9. The second kappa shape index (κ2) is 12.5. The Morgan fingerprint density at radius 2 is 1.76 bits per heavy atom. The molecule has 1 unspecified atom stereocenters. The average molecular weight is 484 g/mol. The number of benzene rings is 2. The molecule has 3 amide bonds. The molecule has 1 saturated heterocycles. The Kier molecular flexibility index (Phi) is 9.39. The summed E-state index contributed by atoms with van der Waals surface area (Å²) >= 11 is 1.64. The summed E-state index contributed by atoms with van der Waals surface area (Å²) in [6.07, 6.45) is 3.21. The molecule has 0 aliphatic carbocycles. The van der Waals surface area contributed by atoms with Crippen molar-refractivity contribution < 1.29 is 19.1 Å². The van der Waals surface area contributed by atoms with Crippen LogP contribution in [0.5, 0.6) is 5.75 Å². The molecule has 2 aromatic carbocycles. The fourth-order valence-corrected chi connectivity index (χ4v) is 4.55. The Hall–Kier alpha value is -3.00. The van der Waals surface area contributed by atoms with Gasteiger partial charge in [-0.3, -0.25) is 14.4 Å². The van der Waals surface area contributed by atoms with Crippen LogP contribution in [-0.2, 0) is 4.79 Å². The number of hydrogen-bond acceptors (Lipinski definition) is 5. The molecule has 3 rings (SSSR count). The lowest BCUT2D eigenvalue weighted by molar-refractivity contribution is -0.133. The van der Waals surface area contributed by atoms with Crippen molar-refractivity contribution in [3.63, 3.8) is 0 Å². The minimum absolute atomic E-state index is 0.0957. The second-order valence-electron chi connectivity index (χ2n) is 8.35. The van der Waals surface area contributed by atoms with Crippen molar-refractivity contribution in [1.82, 2.24) is 15.1 Å². The van der Waals surface area contributed by atoms with E-state index in [2.05, 4.69) is 5.32 Å². The predicted molar refractivity (Wildman–Crippen MR) is 136 cm³/mol. The van der Waals surface area contributed by atoms with Crippen LogP contribution in [0.1, 0.15) is 39.1 Å². The van der Waals surface area contributed by atoms with E-state index in [0.717, 1.165) is 11.3 Å². The van der Waals surface area contributed by atoms with E-state index >= 15 is 0 Å². The van der Waals surface area contributed by atoms with E-state index in [1.54, 1.807) is 46.9 Å². The Labute approximate surface area is 205 Å². The molecular formula is C26H33N3O4S. The molecular weight excluding hydrogens is 450 g/mol. The van der Waals surface area contributed by atoms with Crippen molar-refractivity contribution >= 4 is 29.5 Å². The summed E-state index contributed by atoms with van der Waals surface area (Å²) in [5, 5.41) is 2.95. The van der Waals surface area contributed by atoms with Gasteiger partial charge in [0, 0.05) is 31.7 Å². The number of methoxy groups -OCH3 is 1. The molecule has 0 aromatic heterocycles. The van der Waals surface area contributed by atoms with Gasteiger partial charge in [0.1, 0.15) is 11.8 Å². The van der Waals surface area contributed by atoms with Gasteiger partial charge >= 0.3 is 0 Å². The summed E-state index contributed by atoms with van der Waals surface area (Å²) in [5.74, 6) is 0.864. The van der Waals surface area contributed by atoms with Crippen molar-refractivity contribution in [2.45, 2.75) is 25.8 Å². The molecule has 8 heteroatoms. The minimum atomic E-state index is -0.600. The van der Waals surface area contributed by atoms with Gasteiger partial charge in [-0.05, 0) is 56.0 Å². The van der Waals surface area contributed by atoms with Crippen LogP contribution in [0.2, 0.25) is 0 Å². The van der Waals surface area contributed by atoms with Crippen LogP contribution in [0.25, 0.3) is 0 Å². The monoisotopic (exact) mass is 483 g/mol. The molecule has 7 nitrogen and oxygen atoms in total. The summed E-state index contributed by atoms with van der Waals surface area (Å²) in [7, 11) is 1.55. The largest absolute Gasteiger partial charge is 0.496 e. The normalized spacial score (nSPS) is 14.8. The highest BCUT2D eigenvalue weighted by molar-refractivity contribution is 7.98. The number of carbonyl (C=O) groups excluding carboxylic acids is 3. The molecule has 0 spiro atoms. The van der Waals surface area contributed by atoms with Gasteiger partial charge in [-0.1, -0.05) is 29.8 Å². The fourth-order valence-electron chi connectivity index (χ4n) is 4.07. The summed E-state index contributed by atoms with van der Waals surface area (Å²) < 4.78 is 5.34. The molecule has 2 aromatic rings. The molecule has 34 heavy (non-hydrogen) atoms. The van der Waals surface area contributed by atoms with Crippen LogP contribution >= 0.6 is 11.8 Å². The maximum absolute atomic E-state index is 13.4. The highest BCUT2D eigenvalue weighted by Crippen LogP contribution is 2.20. The van der Waals surface area contributed by atoms with E-state index in [0.29, 0.717) is 55.9 Å². The predicted octanol–water partition coefficient (Wildman–Crippen LogP) is 3.23. The summed E-state index contributed by atoms with van der Waals surface area (Å²) in [6.45, 7) is 3.90. The van der Waals surface area contributed by atoms with E-state index < -0.39 is 6.04 Å². The minimum Gasteiger partial charge on any atom is -0.496 e. The highest BCUT2D eigenvalue weighted by Gasteiger charge is 2.29. The third-order valence-corrected chi connectivity index (χ3v) is 6.57. The number of ether oxygens (including phenoxy) is 1. The van der Waals surface area contributed by atoms with Crippen LogP contribution < -0.4 is 10.1 Å². The molecule has 1 atom stereocenters. The lowest BCUT2D eigenvalue weighted by Crippen LogP contribution is -2.50. The zero-order valence-corrected chi connectivity index (χ0v) is 20.9. The fraction of sp³-hybridized carbons (Fsp3) is 0.423. The Morgan fingerprint density at radius 1 is 1.03 bits per heavy atom. The number of thioether (sulfide) groups is 1. The first-order valence-electron chi connectivity index (χ1n) is 11.5. The summed E-state index contributed by atoms with van der Waals surface area (Å²) in [6, 6.07) is 13.9. The molecule has 1 aliphatic rings. The van der Waals surface area contributed by atoms with Crippen LogP contribution in [-0.4, -0.2) is 78.9 Å². The number of nitrogens with zero attached hydrogens (tertiary/aromatic N) is 2. The summed E-state index contributed by atoms with van der Waals surface area (Å²) in [5.41, 5.74) is 2.06. The lowest BCUT2D eigenvalue weighted by atomic mass is 10.1. The number of aryl methyl sites for hydroxylation is 1. The molecule has 1 fully saturated rings. The van der Waals surface area contributed by atoms with Crippen molar-refractivity contribution in [3.8, 4) is 5.75 Å². The lowest BCUT2D eigenvalue weighted by Gasteiger charge is -2.27. The molecule has 0 bridgehead atoms. The quantitative estimate of drug-likeness (QED) is 0.624. The SMILES string of the molecule is COc1ccccc1C(=O)N1CCCN(C(=O)C(CCSC)NC(=O)c2cccc(C)c2)CC1. The van der Waals surface area contributed by atoms with Gasteiger partial charge in [0.15, 0.2) is 0 Å². The van der Waals surface area contributed by atoms with E-state index in [4.69, 9.17) is 4.74 Å².